The molecule has 0 saturated carbocycles. The molecule has 0 spiro atoms. The Hall–Kier alpha value is -8.01. The summed E-state index contributed by atoms with van der Waals surface area (Å²) in [5.74, 6) is 1.88. The van der Waals surface area contributed by atoms with Gasteiger partial charge in [-0.05, 0) is 101 Å². The molecule has 11 rings (SSSR count). The molecule has 0 bridgehead atoms. The van der Waals surface area contributed by atoms with Gasteiger partial charge >= 0.3 is 0 Å². The van der Waals surface area contributed by atoms with Crippen molar-refractivity contribution in [3.8, 4) is 78.7 Å². The highest BCUT2D eigenvalue weighted by atomic mass is 15.0. The maximum Gasteiger partial charge on any atom is 0.164 e. The summed E-state index contributed by atoms with van der Waals surface area (Å²) in [4.78, 5) is 15.6. The van der Waals surface area contributed by atoms with Crippen molar-refractivity contribution in [2.75, 3.05) is 0 Å². The van der Waals surface area contributed by atoms with E-state index in [1.165, 1.54) is 49.0 Å². The monoisotopic (exact) mass is 763 g/mol. The minimum atomic E-state index is 0.624. The van der Waals surface area contributed by atoms with Gasteiger partial charge in [0, 0.05) is 16.7 Å². The van der Waals surface area contributed by atoms with Crippen molar-refractivity contribution >= 4 is 32.3 Å². The highest BCUT2D eigenvalue weighted by molar-refractivity contribution is 5.97. The van der Waals surface area contributed by atoms with Gasteiger partial charge in [0.15, 0.2) is 17.5 Å². The predicted molar refractivity (Wildman–Crippen MR) is 250 cm³/mol. The number of hydrogen-bond donors (Lipinski definition) is 0. The number of benzene rings is 10. The van der Waals surface area contributed by atoms with Gasteiger partial charge in [0.2, 0.25) is 0 Å². The van der Waals surface area contributed by atoms with E-state index in [0.717, 1.165) is 44.5 Å². The van der Waals surface area contributed by atoms with Gasteiger partial charge in [0.05, 0.1) is 0 Å². The summed E-state index contributed by atoms with van der Waals surface area (Å²) in [6.07, 6.45) is 0. The van der Waals surface area contributed by atoms with Crippen LogP contribution in [0.15, 0.2) is 224 Å². The van der Waals surface area contributed by atoms with E-state index in [1.54, 1.807) is 0 Å². The second-order valence-corrected chi connectivity index (χ2v) is 15.2. The van der Waals surface area contributed by atoms with E-state index in [-0.39, 0.29) is 0 Å². The van der Waals surface area contributed by atoms with Gasteiger partial charge in [-0.15, -0.1) is 0 Å². The molecule has 1 aromatic heterocycles. The molecular weight excluding hydrogens is 727 g/mol. The molecule has 0 amide bonds. The molecular formula is C57H37N3. The van der Waals surface area contributed by atoms with Crippen LogP contribution in [0.1, 0.15) is 0 Å². The molecule has 60 heavy (non-hydrogen) atoms. The van der Waals surface area contributed by atoms with Crippen molar-refractivity contribution in [3.05, 3.63) is 224 Å². The Morgan fingerprint density at radius 3 is 1.35 bits per heavy atom. The molecule has 1 heterocycles. The molecule has 11 aromatic rings. The Morgan fingerprint density at radius 2 is 0.617 bits per heavy atom. The zero-order chi connectivity index (χ0) is 39.8. The Bertz CT molecular complexity index is 3360. The topological polar surface area (TPSA) is 38.7 Å². The first-order chi connectivity index (χ1) is 29.7. The van der Waals surface area contributed by atoms with E-state index >= 15 is 0 Å². The first kappa shape index (κ1) is 35.2. The molecule has 0 saturated heterocycles. The van der Waals surface area contributed by atoms with E-state index in [4.69, 9.17) is 15.0 Å². The van der Waals surface area contributed by atoms with Crippen LogP contribution in [0, 0.1) is 0 Å². The average molecular weight is 764 g/mol. The van der Waals surface area contributed by atoms with E-state index in [1.807, 2.05) is 6.07 Å². The maximum atomic E-state index is 5.20. The van der Waals surface area contributed by atoms with Crippen molar-refractivity contribution in [1.82, 2.24) is 15.0 Å². The predicted octanol–water partition coefficient (Wildman–Crippen LogP) is 15.0. The second-order valence-electron chi connectivity index (χ2n) is 15.2. The normalized spacial score (nSPS) is 11.3. The molecule has 280 valence electrons. The highest BCUT2D eigenvalue weighted by Crippen LogP contribution is 2.36. The van der Waals surface area contributed by atoms with E-state index < -0.39 is 0 Å². The first-order valence-corrected chi connectivity index (χ1v) is 20.3. The lowest BCUT2D eigenvalue weighted by atomic mass is 9.96. The molecule has 0 atom stereocenters. The average Bonchev–Trinajstić information content (AvgIpc) is 3.33. The van der Waals surface area contributed by atoms with E-state index in [2.05, 4.69) is 218 Å². The molecule has 0 aliphatic heterocycles. The highest BCUT2D eigenvalue weighted by Gasteiger charge is 2.17. The largest absolute Gasteiger partial charge is 0.208 e. The van der Waals surface area contributed by atoms with Gasteiger partial charge < -0.3 is 0 Å². The van der Waals surface area contributed by atoms with Crippen LogP contribution in [0.2, 0.25) is 0 Å². The molecule has 0 fully saturated rings. The zero-order valence-corrected chi connectivity index (χ0v) is 32.7. The van der Waals surface area contributed by atoms with Gasteiger partial charge in [-0.3, -0.25) is 0 Å². The summed E-state index contributed by atoms with van der Waals surface area (Å²) in [6, 6.07) is 79.6. The Morgan fingerprint density at radius 1 is 0.200 bits per heavy atom. The summed E-state index contributed by atoms with van der Waals surface area (Å²) < 4.78 is 0. The second kappa shape index (κ2) is 15.1. The number of hydrogen-bond acceptors (Lipinski definition) is 3. The van der Waals surface area contributed by atoms with Crippen LogP contribution in [0.4, 0.5) is 0 Å². The van der Waals surface area contributed by atoms with Crippen LogP contribution in [0.3, 0.4) is 0 Å². The fraction of sp³-hybridized carbons (Fsp3) is 0. The van der Waals surface area contributed by atoms with E-state index in [0.29, 0.717) is 17.5 Å². The van der Waals surface area contributed by atoms with Crippen LogP contribution < -0.4 is 0 Å². The van der Waals surface area contributed by atoms with Crippen molar-refractivity contribution in [2.45, 2.75) is 0 Å². The summed E-state index contributed by atoms with van der Waals surface area (Å²) >= 11 is 0. The van der Waals surface area contributed by atoms with Crippen LogP contribution in [-0.2, 0) is 0 Å². The Labute approximate surface area is 349 Å². The number of fused-ring (bicyclic) bond motifs is 3. The van der Waals surface area contributed by atoms with Gasteiger partial charge in [0.25, 0.3) is 0 Å². The molecule has 0 aliphatic rings. The number of nitrogens with zero attached hydrogens (tertiary/aromatic N) is 3. The Kier molecular flexibility index (Phi) is 8.83. The van der Waals surface area contributed by atoms with Gasteiger partial charge in [-0.2, -0.15) is 0 Å². The minimum absolute atomic E-state index is 0.624. The van der Waals surface area contributed by atoms with Crippen LogP contribution in [0.25, 0.3) is 111 Å². The number of aromatic nitrogens is 3. The molecule has 3 nitrogen and oxygen atoms in total. The lowest BCUT2D eigenvalue weighted by molar-refractivity contribution is 1.07. The van der Waals surface area contributed by atoms with Crippen LogP contribution in [-0.4, -0.2) is 15.0 Å². The third-order valence-corrected chi connectivity index (χ3v) is 11.5. The van der Waals surface area contributed by atoms with Crippen molar-refractivity contribution < 1.29 is 0 Å². The number of rotatable bonds is 7. The van der Waals surface area contributed by atoms with Crippen molar-refractivity contribution in [2.24, 2.45) is 0 Å². The fourth-order valence-corrected chi connectivity index (χ4v) is 8.39. The van der Waals surface area contributed by atoms with Gasteiger partial charge in [0.1, 0.15) is 0 Å². The third-order valence-electron chi connectivity index (χ3n) is 11.5. The van der Waals surface area contributed by atoms with Gasteiger partial charge in [-0.1, -0.05) is 200 Å². The SMILES string of the molecule is c1ccc(-c2ccccc2-c2nc(-c3ccc(-c4cccc5ccccc45)cc3)nc(-c3cccc(-c4ccc5cc(-c6ccc7ccccc7c6)ccc5c4)c3)n2)cc1. The smallest absolute Gasteiger partial charge is 0.164 e. The van der Waals surface area contributed by atoms with E-state index in [9.17, 15) is 0 Å². The maximum absolute atomic E-state index is 5.20. The standard InChI is InChI=1S/C57H37N3/c1-2-13-39(14-3-1)53-21-8-9-22-54(53)57-59-55(42-27-25-41(26-28-42)52-23-11-17-40-15-6-7-20-51(40)52)58-56(60-57)50-19-10-18-44(37-50)45-30-31-49-36-48(33-32-47(49)35-45)46-29-24-38-12-4-5-16-43(38)34-46/h1-37H. The Balaban J connectivity index is 0.986. The lowest BCUT2D eigenvalue weighted by Gasteiger charge is -2.13. The van der Waals surface area contributed by atoms with Gasteiger partial charge in [-0.25, -0.2) is 15.0 Å². The summed E-state index contributed by atoms with van der Waals surface area (Å²) in [5, 5.41) is 7.35. The molecule has 10 aromatic carbocycles. The quantitative estimate of drug-likeness (QED) is 0.162. The lowest BCUT2D eigenvalue weighted by Crippen LogP contribution is -2.01. The van der Waals surface area contributed by atoms with Crippen molar-refractivity contribution in [3.63, 3.8) is 0 Å². The molecule has 0 radical (unpaired) electrons. The molecule has 0 N–H and O–H groups in total. The fourth-order valence-electron chi connectivity index (χ4n) is 8.39. The molecule has 3 heteroatoms. The summed E-state index contributed by atoms with van der Waals surface area (Å²) in [7, 11) is 0. The third kappa shape index (κ3) is 6.68. The zero-order valence-electron chi connectivity index (χ0n) is 32.7. The molecule has 0 aliphatic carbocycles. The first-order valence-electron chi connectivity index (χ1n) is 20.3. The van der Waals surface area contributed by atoms with Crippen molar-refractivity contribution in [1.29, 1.82) is 0 Å². The minimum Gasteiger partial charge on any atom is -0.208 e. The van der Waals surface area contributed by atoms with Crippen LogP contribution in [0.5, 0.6) is 0 Å². The molecule has 0 unspecified atom stereocenters. The summed E-state index contributed by atoms with van der Waals surface area (Å²) in [6.45, 7) is 0. The van der Waals surface area contributed by atoms with Crippen LogP contribution >= 0.6 is 0 Å². The summed E-state index contributed by atoms with van der Waals surface area (Å²) in [5.41, 5.74) is 12.0.